The van der Waals surface area contributed by atoms with Crippen molar-refractivity contribution in [2.45, 2.75) is 32.7 Å². The van der Waals surface area contributed by atoms with Crippen LogP contribution in [0.2, 0.25) is 10.0 Å². The summed E-state index contributed by atoms with van der Waals surface area (Å²) in [5.41, 5.74) is 9.26. The van der Waals surface area contributed by atoms with Gasteiger partial charge in [-0.3, -0.25) is 9.36 Å². The second-order valence-corrected chi connectivity index (χ2v) is 12.8. The molecule has 7 rings (SSSR count). The fourth-order valence-corrected chi connectivity index (χ4v) is 7.73. The number of ether oxygens (including phenoxy) is 2. The van der Waals surface area contributed by atoms with Crippen LogP contribution in [0.5, 0.6) is 11.5 Å². The highest BCUT2D eigenvalue weighted by molar-refractivity contribution is 7.07. The number of halogens is 2. The standard InChI is InChI=1S/C35H29Cl2N3O3S/c1-19-15-23(20(2)39(19)24-11-13-27(36)28(37)18-24)17-31-34(41)40-33(22-10-14-29(42-3)30(16-22)43-4)26-12-9-21-7-5-6-8-25(21)32(26)38-35(40)44-31/h5-8,10-11,13-18,33H,9,12H2,1-4H3/b31-17+/t33-/m0/s1. The first-order valence-electron chi connectivity index (χ1n) is 14.3. The lowest BCUT2D eigenvalue weighted by Gasteiger charge is -2.31. The van der Waals surface area contributed by atoms with Gasteiger partial charge >= 0.3 is 0 Å². The topological polar surface area (TPSA) is 57.8 Å². The van der Waals surface area contributed by atoms with E-state index in [4.69, 9.17) is 37.7 Å². The van der Waals surface area contributed by atoms with Crippen LogP contribution in [0.1, 0.15) is 46.1 Å². The fraction of sp³-hybridized carbons (Fsp3) is 0.200. The average molecular weight is 643 g/mol. The molecule has 1 atom stereocenters. The molecule has 3 aromatic carbocycles. The van der Waals surface area contributed by atoms with Crippen LogP contribution in [-0.2, 0) is 6.42 Å². The zero-order valence-corrected chi connectivity index (χ0v) is 27.0. The minimum Gasteiger partial charge on any atom is -0.493 e. The number of allylic oxidation sites excluding steroid dienone is 1. The Balaban J connectivity index is 1.43. The molecule has 6 nitrogen and oxygen atoms in total. The van der Waals surface area contributed by atoms with Crippen LogP contribution in [0.3, 0.4) is 0 Å². The molecule has 0 unspecified atom stereocenters. The highest BCUT2D eigenvalue weighted by atomic mass is 35.5. The lowest BCUT2D eigenvalue weighted by molar-refractivity contribution is 0.354. The van der Waals surface area contributed by atoms with Gasteiger partial charge in [0.2, 0.25) is 0 Å². The number of rotatable bonds is 5. The normalized spacial score (nSPS) is 15.9. The van der Waals surface area contributed by atoms with E-state index in [2.05, 4.69) is 34.9 Å². The molecule has 1 aliphatic carbocycles. The Kier molecular flexibility index (Phi) is 7.28. The molecule has 0 bridgehead atoms. The SMILES string of the molecule is COc1ccc([C@H]2C3=C(N=c4s/c(=C/c5cc(C)n(-c6ccc(Cl)c(Cl)c6)c5C)c(=O)n42)c2ccccc2CC3)cc1OC. The van der Waals surface area contributed by atoms with Crippen LogP contribution in [0.4, 0.5) is 0 Å². The van der Waals surface area contributed by atoms with Crippen molar-refractivity contribution in [2.24, 2.45) is 4.99 Å². The Bertz CT molecular complexity index is 2190. The van der Waals surface area contributed by atoms with E-state index in [1.54, 1.807) is 20.3 Å². The Hall–Kier alpha value is -4.04. The van der Waals surface area contributed by atoms with Gasteiger partial charge in [-0.05, 0) is 91.4 Å². The molecule has 0 N–H and O–H groups in total. The average Bonchev–Trinajstić information content (AvgIpc) is 3.50. The van der Waals surface area contributed by atoms with Crippen molar-refractivity contribution in [3.8, 4) is 17.2 Å². The van der Waals surface area contributed by atoms with Crippen LogP contribution in [-0.4, -0.2) is 23.4 Å². The second-order valence-electron chi connectivity index (χ2n) is 11.0. The van der Waals surface area contributed by atoms with Crippen LogP contribution >= 0.6 is 34.5 Å². The largest absolute Gasteiger partial charge is 0.493 e. The van der Waals surface area contributed by atoms with Crippen molar-refractivity contribution >= 4 is 46.3 Å². The molecule has 0 saturated carbocycles. The zero-order valence-electron chi connectivity index (χ0n) is 24.7. The van der Waals surface area contributed by atoms with Crippen molar-refractivity contribution in [1.82, 2.24) is 9.13 Å². The number of aromatic nitrogens is 2. The Morgan fingerprint density at radius 3 is 2.50 bits per heavy atom. The van der Waals surface area contributed by atoms with E-state index in [-0.39, 0.29) is 11.6 Å². The van der Waals surface area contributed by atoms with Gasteiger partial charge in [0.1, 0.15) is 0 Å². The highest BCUT2D eigenvalue weighted by Gasteiger charge is 2.33. The molecule has 9 heteroatoms. The molecule has 2 aromatic heterocycles. The van der Waals surface area contributed by atoms with Crippen molar-refractivity contribution < 1.29 is 9.47 Å². The van der Waals surface area contributed by atoms with E-state index in [1.165, 1.54) is 16.9 Å². The predicted molar refractivity (Wildman–Crippen MR) is 178 cm³/mol. The van der Waals surface area contributed by atoms with Crippen LogP contribution in [0, 0.1) is 13.8 Å². The summed E-state index contributed by atoms with van der Waals surface area (Å²) in [6.07, 6.45) is 3.67. The summed E-state index contributed by atoms with van der Waals surface area (Å²) in [7, 11) is 3.25. The van der Waals surface area contributed by atoms with Gasteiger partial charge in [-0.15, -0.1) is 0 Å². The van der Waals surface area contributed by atoms with E-state index in [0.717, 1.165) is 57.9 Å². The molecule has 0 saturated heterocycles. The molecule has 2 aliphatic rings. The predicted octanol–water partition coefficient (Wildman–Crippen LogP) is 7.05. The molecule has 1 aliphatic heterocycles. The van der Waals surface area contributed by atoms with Gasteiger partial charge in [-0.25, -0.2) is 4.99 Å². The summed E-state index contributed by atoms with van der Waals surface area (Å²) in [5.74, 6) is 1.27. The monoisotopic (exact) mass is 641 g/mol. The Labute approximate surface area is 268 Å². The van der Waals surface area contributed by atoms with Gasteiger partial charge in [0.05, 0.1) is 40.5 Å². The van der Waals surface area contributed by atoms with Gasteiger partial charge in [-0.2, -0.15) is 0 Å². The summed E-state index contributed by atoms with van der Waals surface area (Å²) in [6.45, 7) is 4.08. The van der Waals surface area contributed by atoms with Crippen molar-refractivity contribution in [3.63, 3.8) is 0 Å². The second kappa shape index (κ2) is 11.1. The quantitative estimate of drug-likeness (QED) is 0.207. The van der Waals surface area contributed by atoms with Gasteiger partial charge in [0.25, 0.3) is 5.56 Å². The molecule has 0 spiro atoms. The molecule has 3 heterocycles. The van der Waals surface area contributed by atoms with Gasteiger partial charge in [-0.1, -0.05) is 64.9 Å². The van der Waals surface area contributed by atoms with Gasteiger partial charge in [0, 0.05) is 22.6 Å². The molecule has 0 radical (unpaired) electrons. The smallest absolute Gasteiger partial charge is 0.271 e. The molecule has 0 fully saturated rings. The number of hydrogen-bond acceptors (Lipinski definition) is 5. The summed E-state index contributed by atoms with van der Waals surface area (Å²) in [4.78, 5) is 20.1. The molecule has 222 valence electrons. The summed E-state index contributed by atoms with van der Waals surface area (Å²) in [6, 6.07) is 21.7. The number of hydrogen-bond donors (Lipinski definition) is 0. The van der Waals surface area contributed by atoms with E-state index < -0.39 is 0 Å². The lowest BCUT2D eigenvalue weighted by Crippen LogP contribution is -2.38. The third-order valence-corrected chi connectivity index (χ3v) is 10.2. The maximum Gasteiger partial charge on any atom is 0.271 e. The molecule has 0 amide bonds. The molecule has 5 aromatic rings. The highest BCUT2D eigenvalue weighted by Crippen LogP contribution is 2.43. The summed E-state index contributed by atoms with van der Waals surface area (Å²) < 4.78 is 15.8. The maximum atomic E-state index is 14.3. The van der Waals surface area contributed by atoms with Gasteiger partial charge in [0.15, 0.2) is 16.3 Å². The van der Waals surface area contributed by atoms with Crippen LogP contribution in [0.15, 0.2) is 82.1 Å². The van der Waals surface area contributed by atoms with Crippen molar-refractivity contribution in [1.29, 1.82) is 0 Å². The van der Waals surface area contributed by atoms with Crippen LogP contribution in [0.25, 0.3) is 17.5 Å². The zero-order chi connectivity index (χ0) is 30.7. The minimum atomic E-state index is -0.319. The number of benzene rings is 3. The Morgan fingerprint density at radius 2 is 1.73 bits per heavy atom. The number of methoxy groups -OCH3 is 2. The van der Waals surface area contributed by atoms with Crippen molar-refractivity contribution in [2.75, 3.05) is 14.2 Å². The number of thiazole rings is 1. The third kappa shape index (κ3) is 4.62. The first kappa shape index (κ1) is 28.7. The molecular formula is C35H29Cl2N3O3S. The van der Waals surface area contributed by atoms with Crippen molar-refractivity contribution in [3.05, 3.63) is 136 Å². The molecular weight excluding hydrogens is 613 g/mol. The number of nitrogens with zero attached hydrogens (tertiary/aromatic N) is 3. The van der Waals surface area contributed by atoms with E-state index in [0.29, 0.717) is 30.9 Å². The van der Waals surface area contributed by atoms with E-state index >= 15 is 0 Å². The van der Waals surface area contributed by atoms with Crippen LogP contribution < -0.4 is 24.4 Å². The van der Waals surface area contributed by atoms with Gasteiger partial charge < -0.3 is 14.0 Å². The third-order valence-electron chi connectivity index (χ3n) is 8.51. The van der Waals surface area contributed by atoms with E-state index in [1.807, 2.05) is 54.8 Å². The summed E-state index contributed by atoms with van der Waals surface area (Å²) >= 11 is 13.9. The Morgan fingerprint density at radius 1 is 0.932 bits per heavy atom. The first-order chi connectivity index (χ1) is 21.3. The number of fused-ring (bicyclic) bond motifs is 3. The first-order valence-corrected chi connectivity index (χ1v) is 15.9. The maximum absolute atomic E-state index is 14.3. The van der Waals surface area contributed by atoms with E-state index in [9.17, 15) is 4.79 Å². The number of aryl methyl sites for hydroxylation is 2. The fourth-order valence-electron chi connectivity index (χ4n) is 6.44. The summed E-state index contributed by atoms with van der Waals surface area (Å²) in [5, 5.41) is 1.00. The lowest BCUT2D eigenvalue weighted by atomic mass is 9.83. The molecule has 44 heavy (non-hydrogen) atoms. The minimum absolute atomic E-state index is 0.0710.